The summed E-state index contributed by atoms with van der Waals surface area (Å²) < 4.78 is 5.83. The summed E-state index contributed by atoms with van der Waals surface area (Å²) in [5.41, 5.74) is 1.11. The van der Waals surface area contributed by atoms with Gasteiger partial charge in [-0.2, -0.15) is 0 Å². The number of benzene rings is 1. The Bertz CT molecular complexity index is 349. The summed E-state index contributed by atoms with van der Waals surface area (Å²) in [5.74, 6) is 0.956. The zero-order valence-corrected chi connectivity index (χ0v) is 12.9. The van der Waals surface area contributed by atoms with E-state index in [2.05, 4.69) is 45.1 Å². The Morgan fingerprint density at radius 1 is 1.05 bits per heavy atom. The molecule has 1 aromatic carbocycles. The molecule has 0 aliphatic carbocycles. The van der Waals surface area contributed by atoms with E-state index in [9.17, 15) is 0 Å². The quantitative estimate of drug-likeness (QED) is 0.615. The number of rotatable bonds is 9. The molecule has 108 valence electrons. The molecule has 0 radical (unpaired) electrons. The van der Waals surface area contributed by atoms with Gasteiger partial charge in [0.05, 0.1) is 11.8 Å². The summed E-state index contributed by atoms with van der Waals surface area (Å²) >= 11 is 0. The number of anilines is 1. The molecule has 2 heteroatoms. The molecule has 1 rings (SSSR count). The number of ether oxygens (including phenoxy) is 1. The minimum Gasteiger partial charge on any atom is -0.489 e. The van der Waals surface area contributed by atoms with Crippen molar-refractivity contribution in [2.45, 2.75) is 71.9 Å². The maximum absolute atomic E-state index is 5.83. The predicted octanol–water partition coefficient (Wildman–Crippen LogP) is 5.24. The molecule has 2 nitrogen and oxygen atoms in total. The molecule has 0 amide bonds. The van der Waals surface area contributed by atoms with Crippen molar-refractivity contribution >= 4 is 5.69 Å². The van der Waals surface area contributed by atoms with Crippen molar-refractivity contribution in [2.24, 2.45) is 0 Å². The highest BCUT2D eigenvalue weighted by molar-refractivity contribution is 5.56. The van der Waals surface area contributed by atoms with Gasteiger partial charge < -0.3 is 10.1 Å². The first-order valence-corrected chi connectivity index (χ1v) is 7.65. The minimum atomic E-state index is 0.211. The molecule has 0 aliphatic rings. The molecular weight excluding hydrogens is 234 g/mol. The Balaban J connectivity index is 2.46. The fourth-order valence-electron chi connectivity index (χ4n) is 2.16. The van der Waals surface area contributed by atoms with E-state index >= 15 is 0 Å². The maximum Gasteiger partial charge on any atom is 0.142 e. The van der Waals surface area contributed by atoms with Gasteiger partial charge in [-0.1, -0.05) is 44.7 Å². The van der Waals surface area contributed by atoms with E-state index in [1.807, 2.05) is 12.1 Å². The van der Waals surface area contributed by atoms with Crippen LogP contribution in [-0.4, -0.2) is 12.1 Å². The number of nitrogens with one attached hydrogen (secondary N) is 1. The minimum absolute atomic E-state index is 0.211. The van der Waals surface area contributed by atoms with Gasteiger partial charge in [-0.3, -0.25) is 0 Å². The molecule has 0 aliphatic heterocycles. The summed E-state index contributed by atoms with van der Waals surface area (Å²) in [6, 6.07) is 8.70. The van der Waals surface area contributed by atoms with Crippen LogP contribution in [0.15, 0.2) is 24.3 Å². The molecule has 0 saturated carbocycles. The van der Waals surface area contributed by atoms with Gasteiger partial charge in [-0.15, -0.1) is 0 Å². The van der Waals surface area contributed by atoms with Crippen LogP contribution in [-0.2, 0) is 0 Å². The molecule has 1 aromatic rings. The molecule has 0 heterocycles. The van der Waals surface area contributed by atoms with Gasteiger partial charge >= 0.3 is 0 Å². The predicted molar refractivity (Wildman–Crippen MR) is 84.0 cm³/mol. The molecule has 0 aromatic heterocycles. The molecule has 0 saturated heterocycles. The van der Waals surface area contributed by atoms with Crippen LogP contribution < -0.4 is 10.1 Å². The molecule has 1 atom stereocenters. The van der Waals surface area contributed by atoms with E-state index in [0.717, 1.165) is 11.4 Å². The molecule has 1 unspecified atom stereocenters. The summed E-state index contributed by atoms with van der Waals surface area (Å²) in [4.78, 5) is 0. The first-order valence-electron chi connectivity index (χ1n) is 7.65. The molecule has 1 N–H and O–H groups in total. The average molecular weight is 263 g/mol. The van der Waals surface area contributed by atoms with Crippen LogP contribution in [0.3, 0.4) is 0 Å². The van der Waals surface area contributed by atoms with E-state index < -0.39 is 0 Å². The first-order chi connectivity index (χ1) is 9.13. The lowest BCUT2D eigenvalue weighted by molar-refractivity contribution is 0.243. The second kappa shape index (κ2) is 8.84. The van der Waals surface area contributed by atoms with Crippen molar-refractivity contribution in [2.75, 3.05) is 5.32 Å². The highest BCUT2D eigenvalue weighted by atomic mass is 16.5. The summed E-state index contributed by atoms with van der Waals surface area (Å²) in [6.07, 6.45) is 6.72. The standard InChI is InChI=1S/C17H29NO/c1-5-6-7-8-11-15(4)18-16-12-9-10-13-17(16)19-14(2)3/h9-10,12-15,18H,5-8,11H2,1-4H3. The summed E-state index contributed by atoms with van der Waals surface area (Å²) in [6.45, 7) is 8.62. The third kappa shape index (κ3) is 6.51. The Morgan fingerprint density at radius 2 is 1.79 bits per heavy atom. The maximum atomic E-state index is 5.83. The summed E-state index contributed by atoms with van der Waals surface area (Å²) in [7, 11) is 0. The van der Waals surface area contributed by atoms with Gasteiger partial charge in [-0.05, 0) is 39.3 Å². The lowest BCUT2D eigenvalue weighted by atomic mass is 10.1. The fraction of sp³-hybridized carbons (Fsp3) is 0.647. The van der Waals surface area contributed by atoms with E-state index in [-0.39, 0.29) is 6.10 Å². The van der Waals surface area contributed by atoms with E-state index in [1.165, 1.54) is 32.1 Å². The zero-order chi connectivity index (χ0) is 14.1. The number of hydrogen-bond donors (Lipinski definition) is 1. The smallest absolute Gasteiger partial charge is 0.142 e. The van der Waals surface area contributed by atoms with Crippen LogP contribution in [0.25, 0.3) is 0 Å². The van der Waals surface area contributed by atoms with E-state index in [1.54, 1.807) is 0 Å². The van der Waals surface area contributed by atoms with Gasteiger partial charge in [-0.25, -0.2) is 0 Å². The molecule has 0 bridgehead atoms. The Labute approximate surface area is 118 Å². The normalized spacial score (nSPS) is 12.5. The van der Waals surface area contributed by atoms with Gasteiger partial charge in [0.2, 0.25) is 0 Å². The van der Waals surface area contributed by atoms with E-state index in [0.29, 0.717) is 6.04 Å². The zero-order valence-electron chi connectivity index (χ0n) is 12.9. The van der Waals surface area contributed by atoms with Crippen molar-refractivity contribution in [3.05, 3.63) is 24.3 Å². The number of unbranched alkanes of at least 4 members (excludes halogenated alkanes) is 3. The second-order valence-electron chi connectivity index (χ2n) is 5.56. The Morgan fingerprint density at radius 3 is 2.47 bits per heavy atom. The lowest BCUT2D eigenvalue weighted by Gasteiger charge is -2.19. The molecule has 19 heavy (non-hydrogen) atoms. The first kappa shape index (κ1) is 15.9. The van der Waals surface area contributed by atoms with E-state index in [4.69, 9.17) is 4.74 Å². The van der Waals surface area contributed by atoms with Gasteiger partial charge in [0, 0.05) is 6.04 Å². The summed E-state index contributed by atoms with van der Waals surface area (Å²) in [5, 5.41) is 3.57. The van der Waals surface area contributed by atoms with Crippen molar-refractivity contribution in [3.63, 3.8) is 0 Å². The Hall–Kier alpha value is -1.18. The van der Waals surface area contributed by atoms with Crippen LogP contribution in [0.4, 0.5) is 5.69 Å². The van der Waals surface area contributed by atoms with Crippen LogP contribution >= 0.6 is 0 Å². The van der Waals surface area contributed by atoms with Crippen LogP contribution in [0, 0.1) is 0 Å². The fourth-order valence-corrected chi connectivity index (χ4v) is 2.16. The lowest BCUT2D eigenvalue weighted by Crippen LogP contribution is -2.16. The number of hydrogen-bond acceptors (Lipinski definition) is 2. The van der Waals surface area contributed by atoms with Crippen molar-refractivity contribution in [3.8, 4) is 5.75 Å². The SMILES string of the molecule is CCCCCCC(C)Nc1ccccc1OC(C)C. The average Bonchev–Trinajstić information content (AvgIpc) is 2.36. The van der Waals surface area contributed by atoms with Crippen molar-refractivity contribution < 1.29 is 4.74 Å². The molecule has 0 spiro atoms. The van der Waals surface area contributed by atoms with Gasteiger partial charge in [0.1, 0.15) is 5.75 Å². The van der Waals surface area contributed by atoms with Gasteiger partial charge in [0.15, 0.2) is 0 Å². The van der Waals surface area contributed by atoms with Crippen molar-refractivity contribution in [1.29, 1.82) is 0 Å². The largest absolute Gasteiger partial charge is 0.489 e. The topological polar surface area (TPSA) is 21.3 Å². The van der Waals surface area contributed by atoms with Crippen LogP contribution in [0.5, 0.6) is 5.75 Å². The highest BCUT2D eigenvalue weighted by Gasteiger charge is 2.07. The highest BCUT2D eigenvalue weighted by Crippen LogP contribution is 2.26. The molecular formula is C17H29NO. The molecule has 0 fully saturated rings. The van der Waals surface area contributed by atoms with Crippen LogP contribution in [0.1, 0.15) is 59.8 Å². The monoisotopic (exact) mass is 263 g/mol. The van der Waals surface area contributed by atoms with Crippen molar-refractivity contribution in [1.82, 2.24) is 0 Å². The number of para-hydroxylation sites is 2. The third-order valence-corrected chi connectivity index (χ3v) is 3.14. The Kier molecular flexibility index (Phi) is 7.39. The van der Waals surface area contributed by atoms with Gasteiger partial charge in [0.25, 0.3) is 0 Å². The second-order valence-corrected chi connectivity index (χ2v) is 5.56. The third-order valence-electron chi connectivity index (χ3n) is 3.14. The van der Waals surface area contributed by atoms with Crippen LogP contribution in [0.2, 0.25) is 0 Å².